The van der Waals surface area contributed by atoms with Gasteiger partial charge in [0.15, 0.2) is 0 Å². The number of aromatic nitrogens is 2. The van der Waals surface area contributed by atoms with E-state index in [-0.39, 0.29) is 23.5 Å². The number of nitrogens with zero attached hydrogens (tertiary/aromatic N) is 2. The average Bonchev–Trinajstić information content (AvgIpc) is 2.62. The lowest BCUT2D eigenvalue weighted by molar-refractivity contribution is 0.407. The molecule has 6 nitrogen and oxygen atoms in total. The summed E-state index contributed by atoms with van der Waals surface area (Å²) in [6.07, 6.45) is 0. The Morgan fingerprint density at radius 3 is 1.41 bits per heavy atom. The highest BCUT2D eigenvalue weighted by Gasteiger charge is 2.17. The second kappa shape index (κ2) is 3.85. The highest BCUT2D eigenvalue weighted by atomic mass is 32.2. The molecule has 0 spiro atoms. The molecule has 0 amide bonds. The summed E-state index contributed by atoms with van der Waals surface area (Å²) in [4.78, 5) is 0. The van der Waals surface area contributed by atoms with E-state index in [0.717, 1.165) is 20.1 Å². The number of rotatable bonds is 2. The van der Waals surface area contributed by atoms with Gasteiger partial charge in [-0.25, -0.2) is 7.94 Å². The molecule has 0 aliphatic carbocycles. The third-order valence-electron chi connectivity index (χ3n) is 2.36. The van der Waals surface area contributed by atoms with E-state index in [1.165, 1.54) is 12.1 Å². The van der Waals surface area contributed by atoms with Crippen LogP contribution in [0.2, 0.25) is 0 Å². The summed E-state index contributed by atoms with van der Waals surface area (Å²) in [5.41, 5.74) is 0.996. The summed E-state index contributed by atoms with van der Waals surface area (Å²) < 4.78 is 2.18. The number of hydrogen-bond acceptors (Lipinski definition) is 5. The van der Waals surface area contributed by atoms with E-state index >= 15 is 0 Å². The molecular weight excluding hydrogens is 244 g/mol. The van der Waals surface area contributed by atoms with E-state index in [9.17, 15) is 20.4 Å². The van der Waals surface area contributed by atoms with E-state index in [0.29, 0.717) is 11.1 Å². The van der Waals surface area contributed by atoms with Crippen molar-refractivity contribution in [2.24, 2.45) is 0 Å². The van der Waals surface area contributed by atoms with Crippen LogP contribution in [0.5, 0.6) is 23.5 Å². The number of hydrogen-bond donors (Lipinski definition) is 4. The van der Waals surface area contributed by atoms with Gasteiger partial charge >= 0.3 is 0 Å². The van der Waals surface area contributed by atoms with Crippen molar-refractivity contribution in [1.29, 1.82) is 0 Å². The van der Waals surface area contributed by atoms with Crippen molar-refractivity contribution in [2.45, 2.75) is 13.8 Å². The molecule has 7 heteroatoms. The van der Waals surface area contributed by atoms with Gasteiger partial charge in [0.25, 0.3) is 0 Å². The minimum atomic E-state index is -0.171. The van der Waals surface area contributed by atoms with Crippen molar-refractivity contribution >= 4 is 12.1 Å². The molecule has 2 heterocycles. The Morgan fingerprint density at radius 1 is 0.824 bits per heavy atom. The van der Waals surface area contributed by atoms with Gasteiger partial charge in [-0.15, -0.1) is 0 Å². The molecule has 92 valence electrons. The zero-order valence-corrected chi connectivity index (χ0v) is 10.1. The van der Waals surface area contributed by atoms with Crippen molar-refractivity contribution in [3.63, 3.8) is 0 Å². The Bertz CT molecular complexity index is 523. The monoisotopic (exact) mass is 256 g/mol. The number of aryl methyl sites for hydroxylation is 2. The van der Waals surface area contributed by atoms with Crippen LogP contribution in [0.15, 0.2) is 12.1 Å². The predicted molar refractivity (Wildman–Crippen MR) is 63.4 cm³/mol. The van der Waals surface area contributed by atoms with Gasteiger partial charge in [-0.3, -0.25) is 0 Å². The molecule has 0 fully saturated rings. The summed E-state index contributed by atoms with van der Waals surface area (Å²) in [6.45, 7) is 3.26. The first-order chi connectivity index (χ1) is 7.91. The molecular formula is C10H12N2O4S. The molecule has 2 aromatic rings. The molecule has 2 aromatic heterocycles. The molecule has 2 rings (SSSR count). The lowest BCUT2D eigenvalue weighted by Gasteiger charge is -2.08. The largest absolute Gasteiger partial charge is 0.494 e. The summed E-state index contributed by atoms with van der Waals surface area (Å²) in [6, 6.07) is 2.76. The quantitative estimate of drug-likeness (QED) is 0.656. The molecule has 0 saturated heterocycles. The second-order valence-corrected chi connectivity index (χ2v) is 4.58. The average molecular weight is 256 g/mol. The van der Waals surface area contributed by atoms with Crippen molar-refractivity contribution in [3.8, 4) is 23.5 Å². The van der Waals surface area contributed by atoms with Crippen LogP contribution in [0, 0.1) is 13.8 Å². The van der Waals surface area contributed by atoms with Crippen LogP contribution >= 0.6 is 12.1 Å². The first-order valence-electron chi connectivity index (χ1n) is 4.81. The second-order valence-electron chi connectivity index (χ2n) is 3.69. The van der Waals surface area contributed by atoms with E-state index in [2.05, 4.69) is 0 Å². The summed E-state index contributed by atoms with van der Waals surface area (Å²) in [5.74, 6) is -0.624. The van der Waals surface area contributed by atoms with E-state index in [4.69, 9.17) is 0 Å². The molecule has 0 atom stereocenters. The fourth-order valence-electron chi connectivity index (χ4n) is 1.41. The summed E-state index contributed by atoms with van der Waals surface area (Å²) in [7, 11) is 0. The standard InChI is InChI=1S/C10H12N2O4S/c1-5-3-7(13)11(9(5)15)17-12-8(14)4-6(2)10(12)16/h3-4,13-16H,1-2H3. The van der Waals surface area contributed by atoms with Crippen molar-refractivity contribution in [2.75, 3.05) is 0 Å². The third-order valence-corrected chi connectivity index (χ3v) is 3.41. The van der Waals surface area contributed by atoms with E-state index in [1.54, 1.807) is 13.8 Å². The maximum absolute atomic E-state index is 9.67. The van der Waals surface area contributed by atoms with Gasteiger partial charge in [-0.1, -0.05) is 0 Å². The topological polar surface area (TPSA) is 90.8 Å². The maximum Gasteiger partial charge on any atom is 0.208 e. The summed E-state index contributed by atoms with van der Waals surface area (Å²) in [5, 5.41) is 38.5. The Morgan fingerprint density at radius 2 is 1.18 bits per heavy atom. The van der Waals surface area contributed by atoms with Crippen molar-refractivity contribution in [3.05, 3.63) is 23.3 Å². The molecule has 0 bridgehead atoms. The lowest BCUT2D eigenvalue weighted by atomic mass is 10.4. The lowest BCUT2D eigenvalue weighted by Crippen LogP contribution is -1.93. The SMILES string of the molecule is Cc1cc(O)n(Sn2c(O)cc(C)c2O)c1O. The predicted octanol–water partition coefficient (Wildman–Crippen LogP) is 1.69. The zero-order chi connectivity index (χ0) is 12.7. The normalized spacial score (nSPS) is 10.9. The van der Waals surface area contributed by atoms with Crippen LogP contribution in [-0.4, -0.2) is 28.4 Å². The molecule has 0 aliphatic rings. The maximum atomic E-state index is 9.67. The molecule has 0 aromatic carbocycles. The van der Waals surface area contributed by atoms with Gasteiger partial charge in [0.2, 0.25) is 23.5 Å². The first kappa shape index (κ1) is 11.6. The Hall–Kier alpha value is -1.89. The zero-order valence-electron chi connectivity index (χ0n) is 9.25. The van der Waals surface area contributed by atoms with Gasteiger partial charge in [0.05, 0.1) is 12.1 Å². The van der Waals surface area contributed by atoms with Crippen LogP contribution in [-0.2, 0) is 0 Å². The van der Waals surface area contributed by atoms with Crippen LogP contribution in [0.3, 0.4) is 0 Å². The van der Waals surface area contributed by atoms with Crippen LogP contribution in [0.4, 0.5) is 0 Å². The molecule has 17 heavy (non-hydrogen) atoms. The highest BCUT2D eigenvalue weighted by molar-refractivity contribution is 7.96. The molecule has 0 unspecified atom stereocenters. The molecule has 0 saturated carbocycles. The Balaban J connectivity index is 2.44. The summed E-state index contributed by atoms with van der Waals surface area (Å²) >= 11 is 0.769. The van der Waals surface area contributed by atoms with Crippen LogP contribution in [0.25, 0.3) is 0 Å². The minimum Gasteiger partial charge on any atom is -0.494 e. The Labute approximate surface area is 102 Å². The minimum absolute atomic E-state index is 0.141. The van der Waals surface area contributed by atoms with Crippen LogP contribution < -0.4 is 0 Å². The van der Waals surface area contributed by atoms with E-state index in [1.807, 2.05) is 0 Å². The van der Waals surface area contributed by atoms with Gasteiger partial charge in [0, 0.05) is 23.3 Å². The van der Waals surface area contributed by atoms with Crippen LogP contribution in [0.1, 0.15) is 11.1 Å². The molecule has 4 N–H and O–H groups in total. The van der Waals surface area contributed by atoms with Gasteiger partial charge in [-0.05, 0) is 13.8 Å². The van der Waals surface area contributed by atoms with Crippen molar-refractivity contribution < 1.29 is 20.4 Å². The van der Waals surface area contributed by atoms with E-state index < -0.39 is 0 Å². The van der Waals surface area contributed by atoms with Gasteiger partial charge in [-0.2, -0.15) is 0 Å². The third kappa shape index (κ3) is 1.78. The molecule has 0 radical (unpaired) electrons. The highest BCUT2D eigenvalue weighted by Crippen LogP contribution is 2.38. The van der Waals surface area contributed by atoms with Gasteiger partial charge in [0.1, 0.15) is 0 Å². The fraction of sp³-hybridized carbons (Fsp3) is 0.200. The Kier molecular flexibility index (Phi) is 2.62. The number of aromatic hydroxyl groups is 4. The van der Waals surface area contributed by atoms with Crippen molar-refractivity contribution in [1.82, 2.24) is 7.94 Å². The van der Waals surface area contributed by atoms with Gasteiger partial charge < -0.3 is 20.4 Å². The smallest absolute Gasteiger partial charge is 0.208 e. The molecule has 0 aliphatic heterocycles. The first-order valence-corrected chi connectivity index (χ1v) is 5.54. The fourth-order valence-corrected chi connectivity index (χ4v) is 2.29.